The van der Waals surface area contributed by atoms with Crippen molar-refractivity contribution in [2.75, 3.05) is 13.6 Å². The maximum atomic E-state index is 14.5. The molecular formula is C46H66N2O12S. The molecule has 4 unspecified atom stereocenters. The predicted octanol–water partition coefficient (Wildman–Crippen LogP) is 4.98. The molecule has 0 bridgehead atoms. The number of carboxylic acids is 1. The lowest BCUT2D eigenvalue weighted by molar-refractivity contribution is -0.270. The van der Waals surface area contributed by atoms with Crippen LogP contribution < -0.4 is 4.72 Å². The highest BCUT2D eigenvalue weighted by molar-refractivity contribution is 7.89. The molecule has 15 heteroatoms. The van der Waals surface area contributed by atoms with Crippen molar-refractivity contribution in [1.82, 2.24) is 9.62 Å². The van der Waals surface area contributed by atoms with Crippen LogP contribution in [0, 0.1) is 24.7 Å². The number of carbonyl (C=O) groups is 2. The molecule has 5 rings (SSSR count). The summed E-state index contributed by atoms with van der Waals surface area (Å²) in [5, 5.41) is 59.6. The van der Waals surface area contributed by atoms with E-state index >= 15 is 0 Å². The smallest absolute Gasteiger partial charge is 0.335 e. The Morgan fingerprint density at radius 2 is 1.62 bits per heavy atom. The van der Waals surface area contributed by atoms with Gasteiger partial charge in [0.25, 0.3) is 0 Å². The molecule has 0 saturated carbocycles. The molecule has 0 radical (unpaired) electrons. The Kier molecular flexibility index (Phi) is 15.2. The van der Waals surface area contributed by atoms with Gasteiger partial charge in [0.1, 0.15) is 17.8 Å². The molecule has 2 aliphatic heterocycles. The summed E-state index contributed by atoms with van der Waals surface area (Å²) in [5.41, 5.74) is -2.92. The van der Waals surface area contributed by atoms with Crippen LogP contribution >= 0.6 is 0 Å². The van der Waals surface area contributed by atoms with Gasteiger partial charge < -0.3 is 44.6 Å². The summed E-state index contributed by atoms with van der Waals surface area (Å²) < 4.78 is 51.0. The number of rotatable bonds is 8. The van der Waals surface area contributed by atoms with Gasteiger partial charge in [-0.1, -0.05) is 69.3 Å². The van der Waals surface area contributed by atoms with Crippen LogP contribution in [0.1, 0.15) is 102 Å². The molecule has 3 aromatic carbocycles. The number of benzene rings is 3. The second-order valence-corrected chi connectivity index (χ2v) is 19.8. The van der Waals surface area contributed by atoms with E-state index in [2.05, 4.69) is 4.72 Å². The van der Waals surface area contributed by atoms with Crippen LogP contribution in [-0.4, -0.2) is 124 Å². The van der Waals surface area contributed by atoms with E-state index in [1.54, 1.807) is 78.9 Å². The van der Waals surface area contributed by atoms with Gasteiger partial charge in [0, 0.05) is 24.5 Å². The number of aliphatic hydroxyl groups excluding tert-OH is 2. The maximum Gasteiger partial charge on any atom is 0.335 e. The number of nitrogens with one attached hydrogen (secondary N) is 1. The quantitative estimate of drug-likeness (QED) is 0.165. The van der Waals surface area contributed by atoms with E-state index in [0.29, 0.717) is 12.1 Å². The fraction of sp³-hybridized carbons (Fsp3) is 0.609. The van der Waals surface area contributed by atoms with Crippen molar-refractivity contribution in [3.8, 4) is 0 Å². The molecular weight excluding hydrogens is 805 g/mol. The fourth-order valence-corrected chi connectivity index (χ4v) is 11.2. The number of likely N-dealkylation sites (N-methyl/N-ethyl adjacent to an activating group) is 1. The fourth-order valence-electron chi connectivity index (χ4n) is 9.69. The van der Waals surface area contributed by atoms with Crippen molar-refractivity contribution < 1.29 is 57.8 Å². The van der Waals surface area contributed by atoms with Gasteiger partial charge in [0.05, 0.1) is 46.2 Å². The van der Waals surface area contributed by atoms with Gasteiger partial charge in [-0.2, -0.15) is 0 Å². The van der Waals surface area contributed by atoms with E-state index in [0.717, 1.165) is 10.8 Å². The Morgan fingerprint density at radius 1 is 0.984 bits per heavy atom. The number of hydrogen-bond acceptors (Lipinski definition) is 12. The van der Waals surface area contributed by atoms with Gasteiger partial charge in [0.15, 0.2) is 6.29 Å². The molecule has 2 fully saturated rings. The number of hydrogen-bond donors (Lipinski definition) is 6. The standard InChI is InChI=1S/C46H66N2O12S/c1-11-37-46(9,55)40(50)30(7)48(10)24-25(2)23-45(8,54)41(28(5)39(49)29(6)43(53)59-37)60-44-38(33-18-14-15-19-34(33)42(51)52)35(22-26(3)58-44)47-61(56,57)36-21-20-31-16-12-13-17-32(31)27(36)4/h12-21,25-26,28-30,35,37-41,44,47,49-50,54-55H,11,22-24H2,1-10H3,(H,51,52)/t25-,26?,28+,29-,30-,35?,37-,38?,39+,40-,41-,44?,45+,46-/m1/s1. The summed E-state index contributed by atoms with van der Waals surface area (Å²) in [7, 11) is -2.47. The average molecular weight is 871 g/mol. The van der Waals surface area contributed by atoms with Crippen LogP contribution in [0.3, 0.4) is 0 Å². The highest BCUT2D eigenvalue weighted by Crippen LogP contribution is 2.42. The summed E-state index contributed by atoms with van der Waals surface area (Å²) in [5.74, 6) is -5.66. The number of aromatic carboxylic acids is 1. The number of aliphatic hydroxyl groups is 4. The SMILES string of the molecule is CC[C@H]1OC(=O)[C@H](C)[C@@H](O)[C@H](C)[C@@H](OC2OC(C)CC(NS(=O)(=O)c3ccc4ccccc4c3C)C2c2ccccc2C(=O)O)[C@@](C)(O)C[C@@H](C)CN(C)[C@H](C)[C@@H](O)[C@]1(C)O. The first-order valence-electron chi connectivity index (χ1n) is 21.3. The van der Waals surface area contributed by atoms with E-state index in [9.17, 15) is 43.5 Å². The van der Waals surface area contributed by atoms with Crippen LogP contribution in [0.5, 0.6) is 0 Å². The predicted molar refractivity (Wildman–Crippen MR) is 230 cm³/mol. The first-order chi connectivity index (χ1) is 28.4. The Balaban J connectivity index is 1.61. The Morgan fingerprint density at radius 3 is 2.28 bits per heavy atom. The molecule has 14 atom stereocenters. The molecule has 2 heterocycles. The molecule has 3 aromatic rings. The number of carbonyl (C=O) groups excluding carboxylic acids is 1. The van der Waals surface area contributed by atoms with Crippen molar-refractivity contribution in [3.05, 3.63) is 77.4 Å². The van der Waals surface area contributed by atoms with E-state index in [1.807, 2.05) is 36.1 Å². The lowest BCUT2D eigenvalue weighted by Gasteiger charge is -2.47. The maximum absolute atomic E-state index is 14.5. The van der Waals surface area contributed by atoms with E-state index in [-0.39, 0.29) is 41.2 Å². The molecule has 2 aliphatic rings. The van der Waals surface area contributed by atoms with Crippen molar-refractivity contribution in [1.29, 1.82) is 0 Å². The van der Waals surface area contributed by atoms with Crippen molar-refractivity contribution in [2.24, 2.45) is 17.8 Å². The highest BCUT2D eigenvalue weighted by Gasteiger charge is 2.51. The van der Waals surface area contributed by atoms with Gasteiger partial charge in [0.2, 0.25) is 10.0 Å². The third-order valence-electron chi connectivity index (χ3n) is 13.2. The van der Waals surface area contributed by atoms with E-state index in [1.165, 1.54) is 19.9 Å². The molecule has 2 saturated heterocycles. The number of ether oxygens (including phenoxy) is 3. The zero-order chi connectivity index (χ0) is 45.4. The number of aryl methyl sites for hydroxylation is 1. The zero-order valence-corrected chi connectivity index (χ0v) is 37.8. The Bertz CT molecular complexity index is 2130. The van der Waals surface area contributed by atoms with Crippen molar-refractivity contribution >= 4 is 32.7 Å². The minimum Gasteiger partial charge on any atom is -0.478 e. The summed E-state index contributed by atoms with van der Waals surface area (Å²) in [6.07, 6.45) is -6.87. The molecule has 0 amide bonds. The number of nitrogens with zero attached hydrogens (tertiary/aromatic N) is 1. The number of carboxylic acid groups (broad SMARTS) is 1. The van der Waals surface area contributed by atoms with Crippen LogP contribution in [-0.2, 0) is 29.0 Å². The second kappa shape index (κ2) is 19.1. The monoisotopic (exact) mass is 870 g/mol. The molecule has 338 valence electrons. The largest absolute Gasteiger partial charge is 0.478 e. The van der Waals surface area contributed by atoms with Gasteiger partial charge in [-0.05, 0) is 108 Å². The minimum atomic E-state index is -4.25. The Labute approximate surface area is 360 Å². The number of sulfonamides is 1. The van der Waals surface area contributed by atoms with Crippen LogP contribution in [0.15, 0.2) is 65.6 Å². The molecule has 0 spiro atoms. The lowest BCUT2D eigenvalue weighted by Crippen LogP contribution is -2.59. The number of cyclic esters (lactones) is 1. The van der Waals surface area contributed by atoms with Crippen LogP contribution in [0.2, 0.25) is 0 Å². The van der Waals surface area contributed by atoms with Crippen LogP contribution in [0.4, 0.5) is 0 Å². The van der Waals surface area contributed by atoms with Crippen molar-refractivity contribution in [2.45, 2.75) is 152 Å². The van der Waals surface area contributed by atoms with Gasteiger partial charge in [-0.25, -0.2) is 17.9 Å². The van der Waals surface area contributed by atoms with E-state index < -0.39 is 99.8 Å². The van der Waals surface area contributed by atoms with Gasteiger partial charge in [-0.3, -0.25) is 4.79 Å². The third-order valence-corrected chi connectivity index (χ3v) is 14.8. The van der Waals surface area contributed by atoms with E-state index in [4.69, 9.17) is 14.2 Å². The second-order valence-electron chi connectivity index (χ2n) is 18.2. The minimum absolute atomic E-state index is 0.0584. The first-order valence-corrected chi connectivity index (χ1v) is 22.8. The highest BCUT2D eigenvalue weighted by atomic mass is 32.2. The molecule has 6 N–H and O–H groups in total. The molecule has 14 nitrogen and oxygen atoms in total. The third kappa shape index (κ3) is 10.3. The molecule has 0 aliphatic carbocycles. The van der Waals surface area contributed by atoms with Crippen molar-refractivity contribution in [3.63, 3.8) is 0 Å². The topological polar surface area (TPSA) is 212 Å². The first kappa shape index (κ1) is 48.5. The lowest BCUT2D eigenvalue weighted by atomic mass is 9.77. The summed E-state index contributed by atoms with van der Waals surface area (Å²) in [6, 6.07) is 15.4. The normalized spacial score (nSPS) is 36.5. The summed E-state index contributed by atoms with van der Waals surface area (Å²) >= 11 is 0. The molecule has 61 heavy (non-hydrogen) atoms. The summed E-state index contributed by atoms with van der Waals surface area (Å²) in [6.45, 7) is 15.3. The van der Waals surface area contributed by atoms with Crippen LogP contribution in [0.25, 0.3) is 10.8 Å². The summed E-state index contributed by atoms with van der Waals surface area (Å²) in [4.78, 5) is 28.5. The average Bonchev–Trinajstić information content (AvgIpc) is 3.19. The van der Waals surface area contributed by atoms with Gasteiger partial charge in [-0.15, -0.1) is 0 Å². The van der Waals surface area contributed by atoms with Gasteiger partial charge >= 0.3 is 11.9 Å². The number of esters is 1. The Hall–Kier alpha value is -3.51. The number of fused-ring (bicyclic) bond motifs is 1. The zero-order valence-electron chi connectivity index (χ0n) is 37.0. The molecule has 0 aromatic heterocycles.